The van der Waals surface area contributed by atoms with Gasteiger partial charge in [0.15, 0.2) is 5.75 Å². The van der Waals surface area contributed by atoms with Gasteiger partial charge in [0.2, 0.25) is 5.03 Å². The number of rotatable bonds is 4. The third kappa shape index (κ3) is 3.82. The first-order valence-corrected chi connectivity index (χ1v) is 10.7. The molecule has 3 rings (SSSR count). The monoisotopic (exact) mass is 442 g/mol. The molecule has 10 heteroatoms. The molecule has 1 aromatic carbocycles. The smallest absolute Gasteiger partial charge is 0.322 e. The van der Waals surface area contributed by atoms with Crippen LogP contribution < -0.4 is 4.74 Å². The fourth-order valence-corrected chi connectivity index (χ4v) is 5.39. The topological polar surface area (TPSA) is 96.8 Å². The van der Waals surface area contributed by atoms with Crippen molar-refractivity contribution in [3.05, 3.63) is 51.9 Å². The molecule has 2 heterocycles. The minimum Gasteiger partial charge on any atom is -0.489 e. The van der Waals surface area contributed by atoms with Crippen molar-refractivity contribution >= 4 is 27.6 Å². The van der Waals surface area contributed by atoms with Crippen molar-refractivity contribution in [1.29, 1.82) is 0 Å². The Hall–Kier alpha value is -2.23. The van der Waals surface area contributed by atoms with Crippen molar-refractivity contribution in [3.63, 3.8) is 0 Å². The second-order valence-electron chi connectivity index (χ2n) is 6.90. The lowest BCUT2D eigenvalue weighted by Gasteiger charge is -2.31. The van der Waals surface area contributed by atoms with E-state index in [4.69, 9.17) is 16.3 Å². The van der Waals surface area contributed by atoms with Crippen molar-refractivity contribution in [2.75, 3.05) is 13.2 Å². The second-order valence-corrected chi connectivity index (χ2v) is 9.14. The summed E-state index contributed by atoms with van der Waals surface area (Å²) in [5, 5.41) is 9.68. The lowest BCUT2D eigenvalue weighted by atomic mass is 9.87. The van der Waals surface area contributed by atoms with Gasteiger partial charge in [0.05, 0.1) is 5.02 Å². The van der Waals surface area contributed by atoms with Gasteiger partial charge in [-0.05, 0) is 36.6 Å². The van der Waals surface area contributed by atoms with Crippen LogP contribution in [0.1, 0.15) is 29.5 Å². The molecule has 0 fully saturated rings. The maximum absolute atomic E-state index is 14.6. The van der Waals surface area contributed by atoms with Crippen LogP contribution in [-0.2, 0) is 14.8 Å². The number of hydrogen-bond acceptors (Lipinski definition) is 5. The highest BCUT2D eigenvalue weighted by atomic mass is 35.5. The number of hydrogen-bond donors (Lipinski definition) is 1. The van der Waals surface area contributed by atoms with E-state index in [2.05, 4.69) is 4.98 Å². The third-order valence-corrected chi connectivity index (χ3v) is 7.16. The molecular weight excluding hydrogens is 423 g/mol. The lowest BCUT2D eigenvalue weighted by molar-refractivity contribution is -0.142. The molecular formula is C19H20ClFN2O5S. The summed E-state index contributed by atoms with van der Waals surface area (Å²) in [5.41, 5.74) is 1.53. The van der Waals surface area contributed by atoms with Gasteiger partial charge in [-0.1, -0.05) is 24.6 Å². The molecule has 0 amide bonds. The number of carboxylic acid groups (broad SMARTS) is 1. The Labute approximate surface area is 173 Å². The summed E-state index contributed by atoms with van der Waals surface area (Å²) < 4.78 is 47.3. The second kappa shape index (κ2) is 7.89. The van der Waals surface area contributed by atoms with Crippen LogP contribution in [0.3, 0.4) is 0 Å². The van der Waals surface area contributed by atoms with E-state index in [-0.39, 0.29) is 29.5 Å². The molecule has 0 bridgehead atoms. The van der Waals surface area contributed by atoms with Gasteiger partial charge in [-0.15, -0.1) is 0 Å². The fraction of sp³-hybridized carbons (Fsp3) is 0.368. The van der Waals surface area contributed by atoms with Crippen LogP contribution in [0.25, 0.3) is 0 Å². The van der Waals surface area contributed by atoms with Crippen molar-refractivity contribution < 1.29 is 27.4 Å². The number of aliphatic carboxylic acids is 1. The Morgan fingerprint density at radius 1 is 1.38 bits per heavy atom. The highest BCUT2D eigenvalue weighted by molar-refractivity contribution is 7.89. The zero-order chi connectivity index (χ0) is 21.5. The molecule has 7 nitrogen and oxygen atoms in total. The van der Waals surface area contributed by atoms with Gasteiger partial charge in [-0.25, -0.2) is 17.8 Å². The number of aromatic nitrogens is 1. The fourth-order valence-electron chi connectivity index (χ4n) is 3.58. The Kier molecular flexibility index (Phi) is 5.84. The van der Waals surface area contributed by atoms with Gasteiger partial charge in [0.1, 0.15) is 18.5 Å². The van der Waals surface area contributed by atoms with Crippen molar-refractivity contribution in [3.8, 4) is 5.75 Å². The predicted octanol–water partition coefficient (Wildman–Crippen LogP) is 3.13. The van der Waals surface area contributed by atoms with E-state index in [0.29, 0.717) is 5.56 Å². The number of carbonyl (C=O) groups is 1. The number of ether oxygens (including phenoxy) is 1. The SMILES string of the molecule is Cc1ccc(F)c(C(C)C(C(=O)O)N2CCOc3cc(Cl)cnc3S2(=O)=O)c1C. The largest absolute Gasteiger partial charge is 0.489 e. The van der Waals surface area contributed by atoms with Gasteiger partial charge < -0.3 is 9.84 Å². The Morgan fingerprint density at radius 3 is 2.72 bits per heavy atom. The first-order valence-electron chi connectivity index (χ1n) is 8.84. The normalized spacial score (nSPS) is 18.2. The molecule has 1 aliphatic heterocycles. The van der Waals surface area contributed by atoms with E-state index in [1.807, 2.05) is 0 Å². The van der Waals surface area contributed by atoms with E-state index in [1.54, 1.807) is 19.9 Å². The van der Waals surface area contributed by atoms with Crippen LogP contribution in [0, 0.1) is 19.7 Å². The molecule has 29 heavy (non-hydrogen) atoms. The predicted molar refractivity (Wildman–Crippen MR) is 104 cm³/mol. The zero-order valence-electron chi connectivity index (χ0n) is 16.0. The third-order valence-electron chi connectivity index (χ3n) is 5.13. The standard InChI is InChI=1S/C19H20ClFN2O5S/c1-10-4-5-14(21)16(11(10)2)12(3)17(19(24)25)23-6-7-28-15-8-13(20)9-22-18(15)29(23,26)27/h4-5,8-9,12,17H,6-7H2,1-3H3,(H,24,25). The molecule has 0 aliphatic carbocycles. The molecule has 1 N–H and O–H groups in total. The first-order chi connectivity index (χ1) is 13.6. The Balaban J connectivity index is 2.14. The number of carboxylic acids is 1. The number of sulfonamides is 1. The van der Waals surface area contributed by atoms with Gasteiger partial charge in [0, 0.05) is 24.7 Å². The van der Waals surface area contributed by atoms with E-state index < -0.39 is 38.8 Å². The van der Waals surface area contributed by atoms with Gasteiger partial charge in [-0.2, -0.15) is 4.31 Å². The van der Waals surface area contributed by atoms with Crippen LogP contribution in [0.15, 0.2) is 29.4 Å². The summed E-state index contributed by atoms with van der Waals surface area (Å²) in [7, 11) is -4.33. The van der Waals surface area contributed by atoms with Crippen molar-refractivity contribution in [2.24, 2.45) is 0 Å². The number of halogens is 2. The number of fused-ring (bicyclic) bond motifs is 1. The van der Waals surface area contributed by atoms with Gasteiger partial charge in [-0.3, -0.25) is 4.79 Å². The summed E-state index contributed by atoms with van der Waals surface area (Å²) in [6, 6.07) is 2.61. The summed E-state index contributed by atoms with van der Waals surface area (Å²) >= 11 is 5.87. The lowest BCUT2D eigenvalue weighted by Crippen LogP contribution is -2.49. The minimum absolute atomic E-state index is 0.0466. The quantitative estimate of drug-likeness (QED) is 0.781. The summed E-state index contributed by atoms with van der Waals surface area (Å²) in [6.45, 7) is 4.63. The molecule has 0 saturated carbocycles. The number of aryl methyl sites for hydroxylation is 1. The average molecular weight is 443 g/mol. The van der Waals surface area contributed by atoms with Crippen molar-refractivity contribution in [2.45, 2.75) is 37.8 Å². The molecule has 0 saturated heterocycles. The Morgan fingerprint density at radius 2 is 2.07 bits per heavy atom. The van der Waals surface area contributed by atoms with E-state index in [0.717, 1.165) is 16.1 Å². The molecule has 2 atom stereocenters. The molecule has 156 valence electrons. The molecule has 2 aromatic rings. The van der Waals surface area contributed by atoms with Crippen LogP contribution in [0.4, 0.5) is 4.39 Å². The summed E-state index contributed by atoms with van der Waals surface area (Å²) in [4.78, 5) is 16.0. The summed E-state index contributed by atoms with van der Waals surface area (Å²) in [5.74, 6) is -2.98. The van der Waals surface area contributed by atoms with Crippen LogP contribution >= 0.6 is 11.6 Å². The molecule has 0 spiro atoms. The zero-order valence-corrected chi connectivity index (χ0v) is 17.6. The molecule has 2 unspecified atom stereocenters. The maximum Gasteiger partial charge on any atom is 0.322 e. The van der Waals surface area contributed by atoms with Crippen LogP contribution in [0.2, 0.25) is 5.02 Å². The van der Waals surface area contributed by atoms with Crippen molar-refractivity contribution in [1.82, 2.24) is 9.29 Å². The van der Waals surface area contributed by atoms with Gasteiger partial charge >= 0.3 is 5.97 Å². The first kappa shape index (κ1) is 21.5. The summed E-state index contributed by atoms with van der Waals surface area (Å²) in [6.07, 6.45) is 1.15. The van der Waals surface area contributed by atoms with Gasteiger partial charge in [0.25, 0.3) is 10.0 Å². The number of pyridine rings is 1. The minimum atomic E-state index is -4.33. The highest BCUT2D eigenvalue weighted by Gasteiger charge is 2.44. The molecule has 1 aliphatic rings. The van der Waals surface area contributed by atoms with E-state index in [1.165, 1.54) is 19.1 Å². The average Bonchev–Trinajstić information content (AvgIpc) is 2.75. The maximum atomic E-state index is 14.6. The van der Waals surface area contributed by atoms with Crippen LogP contribution in [-0.4, -0.2) is 48.0 Å². The number of benzene rings is 1. The molecule has 0 radical (unpaired) electrons. The van der Waals surface area contributed by atoms with E-state index >= 15 is 0 Å². The Bertz CT molecular complexity index is 1080. The number of nitrogens with zero attached hydrogens (tertiary/aromatic N) is 2. The highest BCUT2D eigenvalue weighted by Crippen LogP contribution is 2.36. The van der Waals surface area contributed by atoms with E-state index in [9.17, 15) is 22.7 Å². The molecule has 1 aromatic heterocycles. The van der Waals surface area contributed by atoms with Crippen LogP contribution in [0.5, 0.6) is 5.75 Å².